The lowest BCUT2D eigenvalue weighted by Gasteiger charge is -2.16. The van der Waals surface area contributed by atoms with Crippen molar-refractivity contribution >= 4 is 6.21 Å². The smallest absolute Gasteiger partial charge is 0.0177 e. The molecule has 0 spiro atoms. The highest BCUT2D eigenvalue weighted by atomic mass is 14.3. The third-order valence-electron chi connectivity index (χ3n) is 2.24. The Morgan fingerprint density at radius 3 is 2.17 bits per heavy atom. The van der Waals surface area contributed by atoms with Gasteiger partial charge in [0.05, 0.1) is 0 Å². The molecular weight excluding hydrogens is 146 g/mol. The minimum absolute atomic E-state index is 0.575. The summed E-state index contributed by atoms with van der Waals surface area (Å²) in [5, 5.41) is 6.88. The van der Waals surface area contributed by atoms with Gasteiger partial charge in [0.25, 0.3) is 0 Å². The summed E-state index contributed by atoms with van der Waals surface area (Å²) in [7, 11) is 0. The van der Waals surface area contributed by atoms with Gasteiger partial charge in [-0.1, -0.05) is 32.9 Å². The molecule has 0 fully saturated rings. The molecule has 0 aliphatic rings. The van der Waals surface area contributed by atoms with Gasteiger partial charge in [-0.2, -0.15) is 0 Å². The van der Waals surface area contributed by atoms with Crippen LogP contribution in [0.4, 0.5) is 0 Å². The molecule has 0 heterocycles. The number of allylic oxidation sites excluding steroid dienone is 4. The van der Waals surface area contributed by atoms with Crippen molar-refractivity contribution in [3.63, 3.8) is 0 Å². The Morgan fingerprint density at radius 2 is 1.83 bits per heavy atom. The van der Waals surface area contributed by atoms with Gasteiger partial charge in [0.1, 0.15) is 0 Å². The van der Waals surface area contributed by atoms with E-state index in [1.165, 1.54) is 11.8 Å². The summed E-state index contributed by atoms with van der Waals surface area (Å²) >= 11 is 0. The molecule has 0 aliphatic carbocycles. The Morgan fingerprint density at radius 1 is 1.25 bits per heavy atom. The summed E-state index contributed by atoms with van der Waals surface area (Å²) in [5.41, 5.74) is 1.31. The van der Waals surface area contributed by atoms with Gasteiger partial charge in [0.15, 0.2) is 0 Å². The summed E-state index contributed by atoms with van der Waals surface area (Å²) in [6.45, 7) is 8.69. The molecule has 1 atom stereocenters. The van der Waals surface area contributed by atoms with Crippen LogP contribution >= 0.6 is 0 Å². The van der Waals surface area contributed by atoms with E-state index in [2.05, 4.69) is 26.8 Å². The fraction of sp³-hybridized carbons (Fsp3) is 0.545. The number of hydrogen-bond donors (Lipinski definition) is 1. The second-order valence-corrected chi connectivity index (χ2v) is 3.35. The Hall–Kier alpha value is -0.850. The Bertz CT molecular complexity index is 187. The van der Waals surface area contributed by atoms with Gasteiger partial charge >= 0.3 is 0 Å². The molecule has 68 valence electrons. The van der Waals surface area contributed by atoms with Crippen molar-refractivity contribution in [3.8, 4) is 0 Å². The topological polar surface area (TPSA) is 23.9 Å². The number of nitrogens with one attached hydrogen (secondary N) is 1. The van der Waals surface area contributed by atoms with E-state index < -0.39 is 0 Å². The highest BCUT2D eigenvalue weighted by molar-refractivity contribution is 5.68. The standard InChI is InChI=1S/C11H19N/c1-5-11(7-6-8-12)10(4)9(2)3/h5-10,12H,1-4H3. The van der Waals surface area contributed by atoms with E-state index in [4.69, 9.17) is 5.41 Å². The molecule has 0 saturated heterocycles. The molecule has 1 nitrogen and oxygen atoms in total. The van der Waals surface area contributed by atoms with Crippen LogP contribution in [0.15, 0.2) is 23.8 Å². The van der Waals surface area contributed by atoms with E-state index in [9.17, 15) is 0 Å². The second-order valence-electron chi connectivity index (χ2n) is 3.35. The molecule has 0 aromatic heterocycles. The SMILES string of the molecule is CC=C(C=CC=N)C(C)C(C)C. The van der Waals surface area contributed by atoms with Crippen LogP contribution in [0.5, 0.6) is 0 Å². The average Bonchev–Trinajstić information content (AvgIpc) is 2.05. The van der Waals surface area contributed by atoms with E-state index >= 15 is 0 Å². The molecule has 0 aliphatic heterocycles. The first-order valence-corrected chi connectivity index (χ1v) is 4.46. The monoisotopic (exact) mass is 165 g/mol. The molecule has 1 N–H and O–H groups in total. The Labute approximate surface area is 75.7 Å². The average molecular weight is 165 g/mol. The lowest BCUT2D eigenvalue weighted by molar-refractivity contribution is 0.487. The molecule has 0 amide bonds. The lowest BCUT2D eigenvalue weighted by atomic mass is 9.89. The van der Waals surface area contributed by atoms with Gasteiger partial charge < -0.3 is 5.41 Å². The van der Waals surface area contributed by atoms with Crippen LogP contribution in [0.2, 0.25) is 0 Å². The molecular formula is C11H19N. The van der Waals surface area contributed by atoms with Gasteiger partial charge in [-0.05, 0) is 30.4 Å². The fourth-order valence-electron chi connectivity index (χ4n) is 1.06. The van der Waals surface area contributed by atoms with Crippen molar-refractivity contribution in [2.75, 3.05) is 0 Å². The maximum atomic E-state index is 6.88. The molecule has 12 heavy (non-hydrogen) atoms. The fourth-order valence-corrected chi connectivity index (χ4v) is 1.06. The maximum absolute atomic E-state index is 6.88. The van der Waals surface area contributed by atoms with Crippen LogP contribution in [0.1, 0.15) is 27.7 Å². The summed E-state index contributed by atoms with van der Waals surface area (Å²) in [6.07, 6.45) is 7.22. The van der Waals surface area contributed by atoms with Crippen molar-refractivity contribution in [1.82, 2.24) is 0 Å². The first-order valence-electron chi connectivity index (χ1n) is 4.46. The van der Waals surface area contributed by atoms with Crippen molar-refractivity contribution in [1.29, 1.82) is 5.41 Å². The van der Waals surface area contributed by atoms with Gasteiger partial charge in [-0.15, -0.1) is 0 Å². The molecule has 1 heteroatoms. The maximum Gasteiger partial charge on any atom is 0.0177 e. The van der Waals surface area contributed by atoms with Gasteiger partial charge in [-0.25, -0.2) is 0 Å². The largest absolute Gasteiger partial charge is 0.309 e. The first-order chi connectivity index (χ1) is 5.63. The normalized spacial score (nSPS) is 15.6. The summed E-state index contributed by atoms with van der Waals surface area (Å²) < 4.78 is 0. The highest BCUT2D eigenvalue weighted by Crippen LogP contribution is 2.20. The molecule has 0 saturated carbocycles. The van der Waals surface area contributed by atoms with Crippen LogP contribution < -0.4 is 0 Å². The van der Waals surface area contributed by atoms with Crippen LogP contribution in [-0.2, 0) is 0 Å². The minimum atomic E-state index is 0.575. The van der Waals surface area contributed by atoms with Crippen LogP contribution in [0.25, 0.3) is 0 Å². The van der Waals surface area contributed by atoms with Crippen molar-refractivity contribution in [2.45, 2.75) is 27.7 Å². The highest BCUT2D eigenvalue weighted by Gasteiger charge is 2.08. The van der Waals surface area contributed by atoms with Crippen molar-refractivity contribution < 1.29 is 0 Å². The van der Waals surface area contributed by atoms with Crippen molar-refractivity contribution in [3.05, 3.63) is 23.8 Å². The Balaban J connectivity index is 4.36. The molecule has 0 aromatic rings. The zero-order valence-corrected chi connectivity index (χ0v) is 8.46. The van der Waals surface area contributed by atoms with Crippen LogP contribution in [-0.4, -0.2) is 6.21 Å². The van der Waals surface area contributed by atoms with Crippen LogP contribution in [0, 0.1) is 17.2 Å². The Kier molecular flexibility index (Phi) is 5.35. The number of rotatable bonds is 4. The van der Waals surface area contributed by atoms with E-state index in [0.717, 1.165) is 0 Å². The molecule has 1 unspecified atom stereocenters. The molecule has 0 bridgehead atoms. The molecule has 0 rings (SSSR count). The van der Waals surface area contributed by atoms with E-state index in [1.807, 2.05) is 13.0 Å². The zero-order valence-electron chi connectivity index (χ0n) is 8.46. The molecule has 0 aromatic carbocycles. The van der Waals surface area contributed by atoms with E-state index in [-0.39, 0.29) is 0 Å². The minimum Gasteiger partial charge on any atom is -0.309 e. The summed E-state index contributed by atoms with van der Waals surface area (Å²) in [4.78, 5) is 0. The summed E-state index contributed by atoms with van der Waals surface area (Å²) in [5.74, 6) is 1.23. The quantitative estimate of drug-likeness (QED) is 0.487. The zero-order chi connectivity index (χ0) is 9.56. The van der Waals surface area contributed by atoms with Gasteiger partial charge in [0.2, 0.25) is 0 Å². The van der Waals surface area contributed by atoms with Crippen molar-refractivity contribution in [2.24, 2.45) is 11.8 Å². The van der Waals surface area contributed by atoms with E-state index in [0.29, 0.717) is 11.8 Å². The summed E-state index contributed by atoms with van der Waals surface area (Å²) in [6, 6.07) is 0. The number of hydrogen-bond acceptors (Lipinski definition) is 1. The molecule has 0 radical (unpaired) electrons. The second kappa shape index (κ2) is 5.76. The third kappa shape index (κ3) is 3.51. The van der Waals surface area contributed by atoms with Gasteiger partial charge in [-0.3, -0.25) is 0 Å². The van der Waals surface area contributed by atoms with Crippen LogP contribution in [0.3, 0.4) is 0 Å². The van der Waals surface area contributed by atoms with E-state index in [1.54, 1.807) is 6.08 Å². The third-order valence-corrected chi connectivity index (χ3v) is 2.24. The first kappa shape index (κ1) is 11.2. The predicted octanol–water partition coefficient (Wildman–Crippen LogP) is 3.43. The predicted molar refractivity (Wildman–Crippen MR) is 55.7 cm³/mol. The lowest BCUT2D eigenvalue weighted by Crippen LogP contribution is -2.05. The van der Waals surface area contributed by atoms with Gasteiger partial charge in [0, 0.05) is 6.21 Å².